The van der Waals surface area contributed by atoms with E-state index >= 15 is 0 Å². The molecule has 2 aromatic rings. The van der Waals surface area contributed by atoms with Crippen LogP contribution in [-0.2, 0) is 14.3 Å². The number of hydrogen-bond acceptors (Lipinski definition) is 4. The first-order valence-corrected chi connectivity index (χ1v) is 6.11. The van der Waals surface area contributed by atoms with Crippen molar-refractivity contribution in [2.45, 2.75) is 19.8 Å². The van der Waals surface area contributed by atoms with Crippen LogP contribution in [0.2, 0.25) is 0 Å². The van der Waals surface area contributed by atoms with Gasteiger partial charge in [-0.25, -0.2) is 0 Å². The van der Waals surface area contributed by atoms with Crippen molar-refractivity contribution in [3.8, 4) is 0 Å². The van der Waals surface area contributed by atoms with Crippen LogP contribution in [0.1, 0.15) is 31.0 Å². The molecule has 5 nitrogen and oxygen atoms in total. The number of aromatic nitrogens is 1. The monoisotopic (exact) mass is 259 g/mol. The van der Waals surface area contributed by atoms with Crippen molar-refractivity contribution in [1.82, 2.24) is 4.98 Å². The molecule has 0 spiro atoms. The highest BCUT2D eigenvalue weighted by molar-refractivity contribution is 6.18. The number of fused-ring (bicyclic) bond motifs is 3. The van der Waals surface area contributed by atoms with Crippen LogP contribution < -0.4 is 0 Å². The summed E-state index contributed by atoms with van der Waals surface area (Å²) >= 11 is 0. The quantitative estimate of drug-likeness (QED) is 0.664. The Morgan fingerprint density at radius 3 is 3.05 bits per heavy atom. The molecule has 1 aliphatic carbocycles. The number of furan rings is 1. The third-order valence-electron chi connectivity index (χ3n) is 3.32. The second-order valence-electron chi connectivity index (χ2n) is 4.49. The molecule has 0 aliphatic heterocycles. The molecule has 0 amide bonds. The fraction of sp³-hybridized carbons (Fsp3) is 0.286. The fourth-order valence-electron chi connectivity index (χ4n) is 2.43. The van der Waals surface area contributed by atoms with Gasteiger partial charge >= 0.3 is 5.97 Å². The maximum Gasteiger partial charge on any atom is 0.322 e. The van der Waals surface area contributed by atoms with Crippen molar-refractivity contribution in [1.29, 1.82) is 0 Å². The van der Waals surface area contributed by atoms with Gasteiger partial charge in [-0.3, -0.25) is 9.59 Å². The summed E-state index contributed by atoms with van der Waals surface area (Å²) in [4.78, 5) is 27.2. The van der Waals surface area contributed by atoms with E-state index in [4.69, 9.17) is 9.15 Å². The molecule has 1 atom stereocenters. The fourth-order valence-corrected chi connectivity index (χ4v) is 2.43. The van der Waals surface area contributed by atoms with Gasteiger partial charge in [0.1, 0.15) is 0 Å². The maximum atomic E-state index is 12.2. The molecule has 98 valence electrons. The van der Waals surface area contributed by atoms with E-state index in [1.54, 1.807) is 26.2 Å². The van der Waals surface area contributed by atoms with Crippen LogP contribution in [0.25, 0.3) is 17.2 Å². The van der Waals surface area contributed by atoms with E-state index in [0.717, 1.165) is 10.9 Å². The summed E-state index contributed by atoms with van der Waals surface area (Å²) in [7, 11) is 0. The number of aromatic amines is 1. The molecule has 0 fully saturated rings. The lowest BCUT2D eigenvalue weighted by Gasteiger charge is -2.18. The lowest BCUT2D eigenvalue weighted by Crippen LogP contribution is -2.27. The van der Waals surface area contributed by atoms with Crippen LogP contribution in [0.4, 0.5) is 0 Å². The van der Waals surface area contributed by atoms with Crippen LogP contribution in [-0.4, -0.2) is 23.3 Å². The van der Waals surface area contributed by atoms with Crippen molar-refractivity contribution in [2.75, 3.05) is 6.61 Å². The second-order valence-corrected chi connectivity index (χ2v) is 4.49. The SMILES string of the molecule is CCOC(=O)C1C(=O)C(C)=Cc2c1[nH]c1occc21. The molecular formula is C14H13NO4. The summed E-state index contributed by atoms with van der Waals surface area (Å²) in [6.07, 6.45) is 3.35. The van der Waals surface area contributed by atoms with Crippen molar-refractivity contribution in [3.05, 3.63) is 29.2 Å². The summed E-state index contributed by atoms with van der Waals surface area (Å²) in [5.74, 6) is -1.66. The highest BCUT2D eigenvalue weighted by Gasteiger charge is 2.37. The zero-order chi connectivity index (χ0) is 13.6. The average Bonchev–Trinajstić information content (AvgIpc) is 2.92. The van der Waals surface area contributed by atoms with Crippen LogP contribution in [0.3, 0.4) is 0 Å². The van der Waals surface area contributed by atoms with Gasteiger partial charge < -0.3 is 14.1 Å². The number of hydrogen-bond donors (Lipinski definition) is 1. The van der Waals surface area contributed by atoms with Gasteiger partial charge in [0.2, 0.25) is 5.71 Å². The predicted octanol–water partition coefficient (Wildman–Crippen LogP) is 2.39. The third-order valence-corrected chi connectivity index (χ3v) is 3.32. The smallest absolute Gasteiger partial charge is 0.322 e. The van der Waals surface area contributed by atoms with Gasteiger partial charge in [-0.15, -0.1) is 0 Å². The minimum absolute atomic E-state index is 0.227. The lowest BCUT2D eigenvalue weighted by atomic mass is 9.86. The van der Waals surface area contributed by atoms with E-state index in [-0.39, 0.29) is 12.4 Å². The normalized spacial score (nSPS) is 18.3. The molecule has 19 heavy (non-hydrogen) atoms. The van der Waals surface area contributed by atoms with Crippen molar-refractivity contribution in [3.63, 3.8) is 0 Å². The Bertz CT molecular complexity index is 704. The molecule has 0 aromatic carbocycles. The standard InChI is InChI=1S/C14H13NO4/c1-3-18-14(17)10-11-9(6-7(2)12(10)16)8-4-5-19-13(8)15-11/h4-6,10,15H,3H2,1-2H3. The van der Waals surface area contributed by atoms with Gasteiger partial charge in [0.05, 0.1) is 12.9 Å². The summed E-state index contributed by atoms with van der Waals surface area (Å²) in [6, 6.07) is 1.81. The van der Waals surface area contributed by atoms with Crippen LogP contribution in [0.15, 0.2) is 22.3 Å². The van der Waals surface area contributed by atoms with Gasteiger partial charge in [-0.05, 0) is 31.6 Å². The minimum atomic E-state index is -0.914. The van der Waals surface area contributed by atoms with E-state index in [0.29, 0.717) is 17.0 Å². The molecular weight excluding hydrogens is 246 g/mol. The Morgan fingerprint density at radius 2 is 2.32 bits per heavy atom. The number of ether oxygens (including phenoxy) is 1. The Morgan fingerprint density at radius 1 is 1.53 bits per heavy atom. The van der Waals surface area contributed by atoms with Gasteiger partial charge in [0, 0.05) is 16.6 Å². The summed E-state index contributed by atoms with van der Waals surface area (Å²) < 4.78 is 10.3. The molecule has 0 radical (unpaired) electrons. The first kappa shape index (κ1) is 11.8. The van der Waals surface area contributed by atoms with Gasteiger partial charge in [-0.1, -0.05) is 0 Å². The van der Waals surface area contributed by atoms with Gasteiger partial charge in [0.25, 0.3) is 0 Å². The number of rotatable bonds is 2. The van der Waals surface area contributed by atoms with Gasteiger partial charge in [-0.2, -0.15) is 0 Å². The molecule has 1 aliphatic rings. The highest BCUT2D eigenvalue weighted by atomic mass is 16.5. The third kappa shape index (κ3) is 1.62. The molecule has 0 bridgehead atoms. The topological polar surface area (TPSA) is 72.3 Å². The highest BCUT2D eigenvalue weighted by Crippen LogP contribution is 2.36. The molecule has 2 aromatic heterocycles. The van der Waals surface area contributed by atoms with Crippen molar-refractivity contribution in [2.24, 2.45) is 0 Å². The number of esters is 1. The number of ketones is 1. The Hall–Kier alpha value is -2.30. The summed E-state index contributed by atoms with van der Waals surface area (Å²) in [6.45, 7) is 3.67. The second kappa shape index (κ2) is 4.12. The largest absolute Gasteiger partial charge is 0.465 e. The summed E-state index contributed by atoms with van der Waals surface area (Å²) in [5.41, 5.74) is 2.51. The molecule has 2 heterocycles. The van der Waals surface area contributed by atoms with E-state index in [1.807, 2.05) is 6.07 Å². The predicted molar refractivity (Wildman–Crippen MR) is 68.6 cm³/mol. The minimum Gasteiger partial charge on any atom is -0.465 e. The van der Waals surface area contributed by atoms with Crippen molar-refractivity contribution >= 4 is 28.9 Å². The number of carbonyl (C=O) groups is 2. The lowest BCUT2D eigenvalue weighted by molar-refractivity contribution is -0.147. The zero-order valence-corrected chi connectivity index (χ0v) is 10.6. The number of nitrogens with one attached hydrogen (secondary N) is 1. The molecule has 1 unspecified atom stereocenters. The Balaban J connectivity index is 2.19. The van der Waals surface area contributed by atoms with E-state index in [9.17, 15) is 9.59 Å². The molecule has 3 rings (SSSR count). The number of Topliss-reactive ketones (excluding diaryl/α,β-unsaturated/α-hetero) is 1. The first-order chi connectivity index (χ1) is 9.13. The molecule has 5 heteroatoms. The number of carbonyl (C=O) groups excluding carboxylic acids is 2. The van der Waals surface area contributed by atoms with Crippen LogP contribution >= 0.6 is 0 Å². The van der Waals surface area contributed by atoms with E-state index in [2.05, 4.69) is 4.98 Å². The molecule has 0 saturated heterocycles. The first-order valence-electron chi connectivity index (χ1n) is 6.11. The number of allylic oxidation sites excluding steroid dienone is 1. The molecule has 0 saturated carbocycles. The van der Waals surface area contributed by atoms with Crippen LogP contribution in [0.5, 0.6) is 0 Å². The molecule has 1 N–H and O–H groups in total. The maximum absolute atomic E-state index is 12.2. The summed E-state index contributed by atoms with van der Waals surface area (Å²) in [5, 5.41) is 0.871. The Labute approximate surface area is 109 Å². The number of H-pyrrole nitrogens is 1. The van der Waals surface area contributed by atoms with Gasteiger partial charge in [0.15, 0.2) is 11.7 Å². The zero-order valence-electron chi connectivity index (χ0n) is 10.6. The van der Waals surface area contributed by atoms with E-state index in [1.165, 1.54) is 0 Å². The average molecular weight is 259 g/mol. The Kier molecular flexibility index (Phi) is 2.55. The van der Waals surface area contributed by atoms with E-state index < -0.39 is 11.9 Å². The van der Waals surface area contributed by atoms with Crippen molar-refractivity contribution < 1.29 is 18.7 Å². The van der Waals surface area contributed by atoms with Crippen LogP contribution in [0, 0.1) is 0 Å².